The number of nitrogens with zero attached hydrogens (tertiary/aromatic N) is 3. The zero-order valence-electron chi connectivity index (χ0n) is 18.5. The number of amides is 3. The highest BCUT2D eigenvalue weighted by Gasteiger charge is 2.37. The van der Waals surface area contributed by atoms with Gasteiger partial charge in [-0.15, -0.1) is 0 Å². The second-order valence-electron chi connectivity index (χ2n) is 8.81. The second-order valence-corrected chi connectivity index (χ2v) is 8.81. The minimum Gasteiger partial charge on any atom is -0.339 e. The van der Waals surface area contributed by atoms with Gasteiger partial charge in [0.25, 0.3) is 5.91 Å². The lowest BCUT2D eigenvalue weighted by molar-refractivity contribution is -0.137. The van der Waals surface area contributed by atoms with Crippen molar-refractivity contribution in [1.82, 2.24) is 14.7 Å². The Morgan fingerprint density at radius 3 is 2.24 bits per heavy atom. The van der Waals surface area contributed by atoms with E-state index in [1.807, 2.05) is 82.6 Å². The Hall–Kier alpha value is -3.67. The van der Waals surface area contributed by atoms with Crippen LogP contribution in [0.5, 0.6) is 0 Å². The van der Waals surface area contributed by atoms with Crippen LogP contribution in [-0.2, 0) is 16.1 Å². The second kappa shape index (κ2) is 9.06. The van der Waals surface area contributed by atoms with Crippen LogP contribution in [0.2, 0.25) is 0 Å². The standard InChI is InChI=1S/C27H27N3O3/c31-25-17-22(19-30(25)18-20-7-2-1-3-8-20)26(32)28-13-15-29(16-14-28)27(33)24-12-6-10-21-9-4-5-11-23(21)24/h1-12,22H,13-19H2. The number of carbonyl (C=O) groups excluding carboxylic acids is 3. The summed E-state index contributed by atoms with van der Waals surface area (Å²) in [6.45, 7) is 3.00. The molecule has 0 N–H and O–H groups in total. The molecule has 2 fully saturated rings. The normalized spacial score (nSPS) is 18.7. The van der Waals surface area contributed by atoms with E-state index in [1.165, 1.54) is 0 Å². The largest absolute Gasteiger partial charge is 0.339 e. The number of likely N-dealkylation sites (tertiary alicyclic amines) is 1. The molecule has 33 heavy (non-hydrogen) atoms. The summed E-state index contributed by atoms with van der Waals surface area (Å²) in [6.07, 6.45) is 0.265. The Morgan fingerprint density at radius 2 is 1.45 bits per heavy atom. The van der Waals surface area contributed by atoms with Crippen molar-refractivity contribution in [2.24, 2.45) is 5.92 Å². The predicted molar refractivity (Wildman–Crippen MR) is 126 cm³/mol. The lowest BCUT2D eigenvalue weighted by atomic mass is 10.0. The number of carbonyl (C=O) groups is 3. The molecule has 6 nitrogen and oxygen atoms in total. The van der Waals surface area contributed by atoms with Gasteiger partial charge in [-0.3, -0.25) is 14.4 Å². The Kier molecular flexibility index (Phi) is 5.82. The van der Waals surface area contributed by atoms with Gasteiger partial charge in [0.2, 0.25) is 11.8 Å². The first-order valence-corrected chi connectivity index (χ1v) is 11.5. The summed E-state index contributed by atoms with van der Waals surface area (Å²) < 4.78 is 0. The van der Waals surface area contributed by atoms with Gasteiger partial charge in [0.1, 0.15) is 0 Å². The fourth-order valence-electron chi connectivity index (χ4n) is 4.86. The third-order valence-electron chi connectivity index (χ3n) is 6.68. The zero-order chi connectivity index (χ0) is 22.8. The number of hydrogen-bond donors (Lipinski definition) is 0. The van der Waals surface area contributed by atoms with Crippen molar-refractivity contribution in [3.8, 4) is 0 Å². The molecule has 3 amide bonds. The fraction of sp³-hybridized carbons (Fsp3) is 0.296. The van der Waals surface area contributed by atoms with E-state index in [0.29, 0.717) is 44.8 Å². The number of fused-ring (bicyclic) bond motifs is 1. The summed E-state index contributed by atoms with van der Waals surface area (Å²) in [5.41, 5.74) is 1.77. The molecule has 3 aromatic carbocycles. The van der Waals surface area contributed by atoms with Crippen LogP contribution >= 0.6 is 0 Å². The molecule has 6 heteroatoms. The molecule has 0 aromatic heterocycles. The number of rotatable bonds is 4. The third-order valence-corrected chi connectivity index (χ3v) is 6.68. The molecule has 5 rings (SSSR count). The maximum absolute atomic E-state index is 13.2. The van der Waals surface area contributed by atoms with Gasteiger partial charge in [-0.05, 0) is 22.4 Å². The Balaban J connectivity index is 1.19. The molecule has 2 aliphatic rings. The molecule has 0 aliphatic carbocycles. The first kappa shape index (κ1) is 21.2. The first-order valence-electron chi connectivity index (χ1n) is 11.5. The highest BCUT2D eigenvalue weighted by molar-refractivity contribution is 6.07. The lowest BCUT2D eigenvalue weighted by Crippen LogP contribution is -2.52. The molecular weight excluding hydrogens is 414 g/mol. The SMILES string of the molecule is O=C1CC(C(=O)N2CCN(C(=O)c3cccc4ccccc34)CC2)CN1Cc1ccccc1. The third kappa shape index (κ3) is 4.33. The lowest BCUT2D eigenvalue weighted by Gasteiger charge is -2.36. The molecule has 3 aromatic rings. The van der Waals surface area contributed by atoms with Gasteiger partial charge in [0, 0.05) is 51.3 Å². The minimum absolute atomic E-state index is 0.00368. The summed E-state index contributed by atoms with van der Waals surface area (Å²) in [6, 6.07) is 23.5. The minimum atomic E-state index is -0.304. The van der Waals surface area contributed by atoms with Crippen LogP contribution in [0.25, 0.3) is 10.8 Å². The van der Waals surface area contributed by atoms with Gasteiger partial charge in [-0.2, -0.15) is 0 Å². The highest BCUT2D eigenvalue weighted by Crippen LogP contribution is 2.24. The first-order chi connectivity index (χ1) is 16.1. The molecule has 0 spiro atoms. The molecule has 2 aliphatic heterocycles. The van der Waals surface area contributed by atoms with Crippen molar-refractivity contribution >= 4 is 28.5 Å². The molecule has 0 saturated carbocycles. The van der Waals surface area contributed by atoms with Gasteiger partial charge in [0.15, 0.2) is 0 Å². The summed E-state index contributed by atoms with van der Waals surface area (Å²) in [5.74, 6) is -0.247. The van der Waals surface area contributed by atoms with Crippen LogP contribution in [0.4, 0.5) is 0 Å². The molecule has 168 valence electrons. The van der Waals surface area contributed by atoms with Gasteiger partial charge >= 0.3 is 0 Å². The topological polar surface area (TPSA) is 60.9 Å². The van der Waals surface area contributed by atoms with Crippen molar-refractivity contribution < 1.29 is 14.4 Å². The molecule has 0 radical (unpaired) electrons. The monoisotopic (exact) mass is 441 g/mol. The maximum Gasteiger partial charge on any atom is 0.254 e. The van der Waals surface area contributed by atoms with Crippen LogP contribution in [0.3, 0.4) is 0 Å². The highest BCUT2D eigenvalue weighted by atomic mass is 16.2. The van der Waals surface area contributed by atoms with Gasteiger partial charge < -0.3 is 14.7 Å². The van der Waals surface area contributed by atoms with E-state index in [-0.39, 0.29) is 30.1 Å². The average Bonchev–Trinajstić information content (AvgIpc) is 3.23. The van der Waals surface area contributed by atoms with Crippen molar-refractivity contribution in [3.63, 3.8) is 0 Å². The predicted octanol–water partition coefficient (Wildman–Crippen LogP) is 3.17. The van der Waals surface area contributed by atoms with Gasteiger partial charge in [-0.25, -0.2) is 0 Å². The quantitative estimate of drug-likeness (QED) is 0.625. The van der Waals surface area contributed by atoms with Crippen molar-refractivity contribution in [1.29, 1.82) is 0 Å². The Labute approximate surface area is 193 Å². The summed E-state index contributed by atoms with van der Waals surface area (Å²) in [4.78, 5) is 44.2. The number of hydrogen-bond acceptors (Lipinski definition) is 3. The molecule has 2 saturated heterocycles. The smallest absolute Gasteiger partial charge is 0.254 e. The summed E-state index contributed by atoms with van der Waals surface area (Å²) >= 11 is 0. The Bertz CT molecular complexity index is 1180. The van der Waals surface area contributed by atoms with E-state index >= 15 is 0 Å². The summed E-state index contributed by atoms with van der Waals surface area (Å²) in [5, 5.41) is 2.00. The van der Waals surface area contributed by atoms with Gasteiger partial charge in [0.05, 0.1) is 5.92 Å². The van der Waals surface area contributed by atoms with Crippen LogP contribution < -0.4 is 0 Å². The van der Waals surface area contributed by atoms with Crippen molar-refractivity contribution in [3.05, 3.63) is 83.9 Å². The maximum atomic E-state index is 13.2. The van der Waals surface area contributed by atoms with E-state index in [1.54, 1.807) is 4.90 Å². The van der Waals surface area contributed by atoms with Crippen LogP contribution in [-0.4, -0.2) is 65.1 Å². The molecule has 1 atom stereocenters. The van der Waals surface area contributed by atoms with Crippen LogP contribution in [0.15, 0.2) is 72.8 Å². The zero-order valence-corrected chi connectivity index (χ0v) is 18.5. The van der Waals surface area contributed by atoms with E-state index in [2.05, 4.69) is 0 Å². The molecular formula is C27H27N3O3. The van der Waals surface area contributed by atoms with E-state index in [0.717, 1.165) is 16.3 Å². The van der Waals surface area contributed by atoms with Crippen molar-refractivity contribution in [2.75, 3.05) is 32.7 Å². The summed E-state index contributed by atoms with van der Waals surface area (Å²) in [7, 11) is 0. The van der Waals surface area contributed by atoms with E-state index < -0.39 is 0 Å². The van der Waals surface area contributed by atoms with Crippen molar-refractivity contribution in [2.45, 2.75) is 13.0 Å². The molecule has 2 heterocycles. The number of benzene rings is 3. The molecule has 1 unspecified atom stereocenters. The Morgan fingerprint density at radius 1 is 0.788 bits per heavy atom. The fourth-order valence-corrected chi connectivity index (χ4v) is 4.86. The number of piperazine rings is 1. The van der Waals surface area contributed by atoms with E-state index in [4.69, 9.17) is 0 Å². The van der Waals surface area contributed by atoms with E-state index in [9.17, 15) is 14.4 Å². The molecule has 0 bridgehead atoms. The van der Waals surface area contributed by atoms with Crippen LogP contribution in [0.1, 0.15) is 22.3 Å². The average molecular weight is 442 g/mol. The van der Waals surface area contributed by atoms with Crippen LogP contribution in [0, 0.1) is 5.92 Å². The van der Waals surface area contributed by atoms with Gasteiger partial charge in [-0.1, -0.05) is 66.7 Å².